The third kappa shape index (κ3) is 3.51. The molecule has 2 aromatic rings. The highest BCUT2D eigenvalue weighted by Gasteiger charge is 2.19. The van der Waals surface area contributed by atoms with Crippen LogP contribution in [0.4, 0.5) is 0 Å². The second-order valence-electron chi connectivity index (χ2n) is 6.04. The second-order valence-corrected chi connectivity index (χ2v) is 6.45. The van der Waals surface area contributed by atoms with Crippen LogP contribution in [0.5, 0.6) is 17.2 Å². The molecular weight excluding hydrogens is 344 g/mol. The summed E-state index contributed by atoms with van der Waals surface area (Å²) >= 11 is 6.11. The van der Waals surface area contributed by atoms with Crippen molar-refractivity contribution in [2.45, 2.75) is 25.9 Å². The molecule has 2 aromatic carbocycles. The number of aryl methyl sites for hydroxylation is 2. The molecule has 0 aromatic heterocycles. The standard InChI is InChI=1S/C19H17ClO5/c20-16-6-12(7-17-19(16)25-11-24-17)9-23-18(21)10-22-15-5-4-13-2-1-3-14(13)8-15/h4-8H,1-3,9-11H2. The average Bonchev–Trinajstić information content (AvgIpc) is 3.26. The number of hydrogen-bond donors (Lipinski definition) is 0. The normalized spacial score (nSPS) is 14.3. The molecule has 0 N–H and O–H groups in total. The van der Waals surface area contributed by atoms with Crippen molar-refractivity contribution in [2.75, 3.05) is 13.4 Å². The molecule has 0 spiro atoms. The molecule has 1 heterocycles. The van der Waals surface area contributed by atoms with Gasteiger partial charge < -0.3 is 18.9 Å². The van der Waals surface area contributed by atoms with Gasteiger partial charge >= 0.3 is 5.97 Å². The molecule has 0 atom stereocenters. The van der Waals surface area contributed by atoms with Gasteiger partial charge in [-0.1, -0.05) is 17.7 Å². The zero-order valence-electron chi connectivity index (χ0n) is 13.5. The van der Waals surface area contributed by atoms with Gasteiger partial charge in [0.2, 0.25) is 6.79 Å². The molecule has 0 saturated heterocycles. The van der Waals surface area contributed by atoms with E-state index in [2.05, 4.69) is 6.07 Å². The zero-order valence-corrected chi connectivity index (χ0v) is 14.3. The Balaban J connectivity index is 1.30. The summed E-state index contributed by atoms with van der Waals surface area (Å²) < 4.78 is 21.3. The summed E-state index contributed by atoms with van der Waals surface area (Å²) in [6.07, 6.45) is 3.37. The fourth-order valence-electron chi connectivity index (χ4n) is 3.09. The quantitative estimate of drug-likeness (QED) is 0.761. The Labute approximate surface area is 150 Å². The highest BCUT2D eigenvalue weighted by atomic mass is 35.5. The average molecular weight is 361 g/mol. The fourth-order valence-corrected chi connectivity index (χ4v) is 3.38. The minimum absolute atomic E-state index is 0.0999. The molecule has 5 nitrogen and oxygen atoms in total. The lowest BCUT2D eigenvalue weighted by Gasteiger charge is -2.09. The highest BCUT2D eigenvalue weighted by molar-refractivity contribution is 6.32. The molecular formula is C19H17ClO5. The van der Waals surface area contributed by atoms with Crippen molar-refractivity contribution in [3.63, 3.8) is 0 Å². The number of esters is 1. The van der Waals surface area contributed by atoms with Gasteiger partial charge in [0.1, 0.15) is 12.4 Å². The molecule has 0 saturated carbocycles. The van der Waals surface area contributed by atoms with Crippen LogP contribution < -0.4 is 14.2 Å². The molecule has 25 heavy (non-hydrogen) atoms. The van der Waals surface area contributed by atoms with E-state index in [0.29, 0.717) is 22.3 Å². The molecule has 0 bridgehead atoms. The lowest BCUT2D eigenvalue weighted by molar-refractivity contribution is -0.147. The van der Waals surface area contributed by atoms with Crippen LogP contribution in [0.15, 0.2) is 30.3 Å². The van der Waals surface area contributed by atoms with Crippen LogP contribution in [0, 0.1) is 0 Å². The van der Waals surface area contributed by atoms with E-state index in [1.54, 1.807) is 12.1 Å². The number of ether oxygens (including phenoxy) is 4. The maximum Gasteiger partial charge on any atom is 0.344 e. The van der Waals surface area contributed by atoms with Gasteiger partial charge in [0, 0.05) is 0 Å². The van der Waals surface area contributed by atoms with E-state index in [9.17, 15) is 4.79 Å². The maximum absolute atomic E-state index is 11.9. The van der Waals surface area contributed by atoms with Crippen LogP contribution in [0.25, 0.3) is 0 Å². The van der Waals surface area contributed by atoms with Crippen molar-refractivity contribution < 1.29 is 23.7 Å². The molecule has 4 rings (SSSR count). The molecule has 0 amide bonds. The highest BCUT2D eigenvalue weighted by Crippen LogP contribution is 2.39. The maximum atomic E-state index is 11.9. The predicted molar refractivity (Wildman–Crippen MR) is 91.3 cm³/mol. The Morgan fingerprint density at radius 3 is 2.92 bits per heavy atom. The van der Waals surface area contributed by atoms with Crippen molar-refractivity contribution in [1.82, 2.24) is 0 Å². The van der Waals surface area contributed by atoms with Gasteiger partial charge in [-0.25, -0.2) is 4.79 Å². The summed E-state index contributed by atoms with van der Waals surface area (Å²) in [5.41, 5.74) is 3.41. The molecule has 130 valence electrons. The van der Waals surface area contributed by atoms with Crippen molar-refractivity contribution in [1.29, 1.82) is 0 Å². The minimum atomic E-state index is -0.436. The van der Waals surface area contributed by atoms with E-state index in [1.807, 2.05) is 12.1 Å². The van der Waals surface area contributed by atoms with Crippen LogP contribution in [-0.4, -0.2) is 19.4 Å². The van der Waals surface area contributed by atoms with Gasteiger partial charge in [0.15, 0.2) is 18.1 Å². The van der Waals surface area contributed by atoms with Crippen molar-refractivity contribution in [3.05, 3.63) is 52.0 Å². The first-order valence-corrected chi connectivity index (χ1v) is 8.55. The van der Waals surface area contributed by atoms with E-state index < -0.39 is 5.97 Å². The van der Waals surface area contributed by atoms with Crippen LogP contribution in [-0.2, 0) is 29.0 Å². The summed E-state index contributed by atoms with van der Waals surface area (Å²) in [5.74, 6) is 1.35. The van der Waals surface area contributed by atoms with Crippen LogP contribution in [0.2, 0.25) is 5.02 Å². The van der Waals surface area contributed by atoms with Crippen molar-refractivity contribution >= 4 is 17.6 Å². The predicted octanol–water partition coefficient (Wildman–Crippen LogP) is 3.68. The summed E-state index contributed by atoms with van der Waals surface area (Å²) in [6, 6.07) is 9.42. The largest absolute Gasteiger partial charge is 0.482 e. The van der Waals surface area contributed by atoms with Crippen molar-refractivity contribution in [2.24, 2.45) is 0 Å². The zero-order chi connectivity index (χ0) is 17.2. The van der Waals surface area contributed by atoms with Gasteiger partial charge in [-0.2, -0.15) is 0 Å². The van der Waals surface area contributed by atoms with Gasteiger partial charge in [-0.15, -0.1) is 0 Å². The number of halogens is 1. The number of rotatable bonds is 5. The topological polar surface area (TPSA) is 54.0 Å². The smallest absolute Gasteiger partial charge is 0.344 e. The van der Waals surface area contributed by atoms with E-state index in [1.165, 1.54) is 17.5 Å². The minimum Gasteiger partial charge on any atom is -0.482 e. The summed E-state index contributed by atoms with van der Waals surface area (Å²) in [5, 5.41) is 0.440. The Bertz CT molecular complexity index is 818. The first-order valence-electron chi connectivity index (χ1n) is 8.17. The molecule has 1 aliphatic carbocycles. The first-order chi connectivity index (χ1) is 12.2. The lowest BCUT2D eigenvalue weighted by Crippen LogP contribution is -2.14. The summed E-state index contributed by atoms with van der Waals surface area (Å²) in [7, 11) is 0. The summed E-state index contributed by atoms with van der Waals surface area (Å²) in [6.45, 7) is 0.118. The summed E-state index contributed by atoms with van der Waals surface area (Å²) in [4.78, 5) is 11.9. The van der Waals surface area contributed by atoms with Crippen LogP contribution in [0.1, 0.15) is 23.1 Å². The van der Waals surface area contributed by atoms with Gasteiger partial charge in [0.25, 0.3) is 0 Å². The van der Waals surface area contributed by atoms with E-state index in [4.69, 9.17) is 30.5 Å². The monoisotopic (exact) mass is 360 g/mol. The molecule has 0 radical (unpaired) electrons. The van der Waals surface area contributed by atoms with Gasteiger partial charge in [-0.05, 0) is 60.2 Å². The lowest BCUT2D eigenvalue weighted by atomic mass is 10.1. The Hall–Kier alpha value is -2.40. The number of hydrogen-bond acceptors (Lipinski definition) is 5. The van der Waals surface area contributed by atoms with Crippen LogP contribution >= 0.6 is 11.6 Å². The van der Waals surface area contributed by atoms with E-state index in [-0.39, 0.29) is 20.0 Å². The Morgan fingerprint density at radius 1 is 1.12 bits per heavy atom. The number of carbonyl (C=O) groups is 1. The third-order valence-electron chi connectivity index (χ3n) is 4.31. The van der Waals surface area contributed by atoms with Crippen LogP contribution in [0.3, 0.4) is 0 Å². The number of fused-ring (bicyclic) bond motifs is 2. The van der Waals surface area contributed by atoms with E-state index >= 15 is 0 Å². The first kappa shape index (κ1) is 16.1. The van der Waals surface area contributed by atoms with E-state index in [0.717, 1.165) is 18.4 Å². The Kier molecular flexibility index (Phi) is 4.40. The molecule has 0 unspecified atom stereocenters. The van der Waals surface area contributed by atoms with Gasteiger partial charge in [0.05, 0.1) is 5.02 Å². The molecule has 2 aliphatic rings. The van der Waals surface area contributed by atoms with Gasteiger partial charge in [-0.3, -0.25) is 0 Å². The molecule has 6 heteroatoms. The molecule has 0 fully saturated rings. The number of benzene rings is 2. The fraction of sp³-hybridized carbons (Fsp3) is 0.316. The second kappa shape index (κ2) is 6.84. The number of carbonyl (C=O) groups excluding carboxylic acids is 1. The molecule has 1 aliphatic heterocycles. The SMILES string of the molecule is O=C(COc1ccc2c(c1)CCC2)OCc1cc(Cl)c2c(c1)OCO2. The third-order valence-corrected chi connectivity index (χ3v) is 4.59. The van der Waals surface area contributed by atoms with Crippen molar-refractivity contribution in [3.8, 4) is 17.2 Å². The Morgan fingerprint density at radius 2 is 2.00 bits per heavy atom.